The van der Waals surface area contributed by atoms with Gasteiger partial charge in [-0.2, -0.15) is 0 Å². The zero-order valence-electron chi connectivity index (χ0n) is 55.2. The van der Waals surface area contributed by atoms with E-state index in [2.05, 4.69) is 407 Å². The van der Waals surface area contributed by atoms with Crippen molar-refractivity contribution in [3.63, 3.8) is 0 Å². The zero-order valence-corrected chi connectivity index (χ0v) is 55.2. The predicted octanol–water partition coefficient (Wildman–Crippen LogP) is 25.8. The molecule has 20 rings (SSSR count). The molecular formula is C97H64N4. The van der Waals surface area contributed by atoms with Crippen LogP contribution in [0.4, 0.5) is 34.1 Å². The van der Waals surface area contributed by atoms with E-state index in [1.54, 1.807) is 0 Å². The van der Waals surface area contributed by atoms with E-state index in [1.165, 1.54) is 122 Å². The highest BCUT2D eigenvalue weighted by Gasteiger charge is 2.52. The molecule has 18 aromatic rings. The number of nitrogens with zero attached hydrogens (tertiary/aromatic N) is 4. The fourth-order valence-electron chi connectivity index (χ4n) is 17.0. The first-order chi connectivity index (χ1) is 50.1. The van der Waals surface area contributed by atoms with Crippen LogP contribution in [0.2, 0.25) is 0 Å². The second-order valence-corrected chi connectivity index (χ2v) is 26.7. The molecule has 1 spiro atoms. The van der Waals surface area contributed by atoms with Crippen LogP contribution in [0, 0.1) is 0 Å². The first-order valence-corrected chi connectivity index (χ1v) is 34.9. The Labute approximate surface area is 587 Å². The van der Waals surface area contributed by atoms with Gasteiger partial charge in [-0.1, -0.05) is 255 Å². The van der Waals surface area contributed by atoms with Crippen LogP contribution in [0.5, 0.6) is 0 Å². The Bertz CT molecular complexity index is 5860. The average molecular weight is 1290 g/mol. The van der Waals surface area contributed by atoms with E-state index in [1.807, 2.05) is 0 Å². The molecule has 0 aliphatic heterocycles. The highest BCUT2D eigenvalue weighted by molar-refractivity contribution is 6.12. The van der Waals surface area contributed by atoms with Gasteiger partial charge >= 0.3 is 0 Å². The van der Waals surface area contributed by atoms with Gasteiger partial charge in [-0.25, -0.2) is 0 Å². The summed E-state index contributed by atoms with van der Waals surface area (Å²) in [6, 6.07) is 143. The minimum Gasteiger partial charge on any atom is -0.310 e. The second kappa shape index (κ2) is 23.5. The third-order valence-corrected chi connectivity index (χ3v) is 21.3. The lowest BCUT2D eigenvalue weighted by molar-refractivity contribution is 0.794. The molecule has 101 heavy (non-hydrogen) atoms. The molecule has 2 aromatic heterocycles. The fraction of sp³-hybridized carbons (Fsp3) is 0.0103. The molecule has 472 valence electrons. The third-order valence-electron chi connectivity index (χ3n) is 21.3. The highest BCUT2D eigenvalue weighted by Crippen LogP contribution is 2.65. The Morgan fingerprint density at radius 2 is 0.495 bits per heavy atom. The van der Waals surface area contributed by atoms with E-state index in [4.69, 9.17) is 0 Å². The molecule has 0 fully saturated rings. The summed E-state index contributed by atoms with van der Waals surface area (Å²) in [6.07, 6.45) is 0. The Morgan fingerprint density at radius 3 is 0.931 bits per heavy atom. The van der Waals surface area contributed by atoms with Crippen molar-refractivity contribution in [2.75, 3.05) is 9.80 Å². The van der Waals surface area contributed by atoms with E-state index in [-0.39, 0.29) is 0 Å². The van der Waals surface area contributed by atoms with Gasteiger partial charge in [0.2, 0.25) is 0 Å². The number of aromatic nitrogens is 2. The van der Waals surface area contributed by atoms with Crippen molar-refractivity contribution in [1.82, 2.24) is 9.13 Å². The summed E-state index contributed by atoms with van der Waals surface area (Å²) < 4.78 is 4.76. The number of benzene rings is 16. The van der Waals surface area contributed by atoms with E-state index < -0.39 is 5.41 Å². The Balaban J connectivity index is 0.652. The predicted molar refractivity (Wildman–Crippen MR) is 423 cm³/mol. The van der Waals surface area contributed by atoms with Gasteiger partial charge in [-0.05, 0) is 222 Å². The molecule has 0 bridgehead atoms. The molecule has 0 N–H and O–H groups in total. The van der Waals surface area contributed by atoms with Crippen molar-refractivity contribution in [2.45, 2.75) is 5.41 Å². The highest BCUT2D eigenvalue weighted by atomic mass is 15.1. The Kier molecular flexibility index (Phi) is 13.5. The van der Waals surface area contributed by atoms with Gasteiger partial charge in [0, 0.05) is 67.0 Å². The lowest BCUT2D eigenvalue weighted by Crippen LogP contribution is -2.25. The summed E-state index contributed by atoms with van der Waals surface area (Å²) in [6.45, 7) is 0. The summed E-state index contributed by atoms with van der Waals surface area (Å²) in [5, 5.41) is 4.95. The topological polar surface area (TPSA) is 16.3 Å². The Morgan fingerprint density at radius 1 is 0.188 bits per heavy atom. The van der Waals surface area contributed by atoms with Crippen molar-refractivity contribution >= 4 is 77.7 Å². The lowest BCUT2D eigenvalue weighted by Gasteiger charge is -2.30. The average Bonchev–Trinajstić information content (AvgIpc) is 1.50. The van der Waals surface area contributed by atoms with Crippen LogP contribution in [0.25, 0.3) is 122 Å². The van der Waals surface area contributed by atoms with E-state index in [0.717, 1.165) is 56.6 Å². The molecular weight excluding hydrogens is 1220 g/mol. The van der Waals surface area contributed by atoms with Crippen molar-refractivity contribution < 1.29 is 0 Å². The van der Waals surface area contributed by atoms with Gasteiger partial charge in [-0.3, -0.25) is 0 Å². The van der Waals surface area contributed by atoms with Gasteiger partial charge in [0.15, 0.2) is 0 Å². The van der Waals surface area contributed by atoms with Gasteiger partial charge in [-0.15, -0.1) is 0 Å². The molecule has 4 heteroatoms. The molecule has 2 aliphatic carbocycles. The molecule has 0 saturated carbocycles. The van der Waals surface area contributed by atoms with Gasteiger partial charge < -0.3 is 18.9 Å². The molecule has 4 nitrogen and oxygen atoms in total. The first-order valence-electron chi connectivity index (χ1n) is 34.9. The summed E-state index contributed by atoms with van der Waals surface area (Å²) in [4.78, 5) is 4.77. The standard InChI is InChI=1S/C97H64N4/c1-5-27-71(28-6-1)98(77-35-21-25-67(61-77)69-53-59-93-85(63-69)81-37-15-19-47-91(81)100(93)73-31-9-3-10-32-73)75-55-49-65(50-56-75)79-41-23-45-89-95(79)83-39-13-17-43-87(83)97(89)88-44-18-14-40-84(88)96-80(42-24-46-90(96)97)66-51-57-76(58-52-66)99(72-29-7-2-8-30-72)78-36-22-26-68(62-78)70-54-60-94-86(64-70)82-38-16-20-48-92(82)101(94)74-33-11-4-12-34-74/h1-64H. The van der Waals surface area contributed by atoms with Crippen LogP contribution < -0.4 is 9.80 Å². The van der Waals surface area contributed by atoms with Crippen molar-refractivity contribution in [1.29, 1.82) is 0 Å². The summed E-state index contributed by atoms with van der Waals surface area (Å²) >= 11 is 0. The Hall–Kier alpha value is -13.3. The number of rotatable bonds is 12. The van der Waals surface area contributed by atoms with E-state index >= 15 is 0 Å². The minimum absolute atomic E-state index is 0.555. The minimum atomic E-state index is -0.555. The van der Waals surface area contributed by atoms with Crippen LogP contribution in [0.1, 0.15) is 22.3 Å². The molecule has 0 saturated heterocycles. The van der Waals surface area contributed by atoms with Crippen molar-refractivity contribution in [3.8, 4) is 78.1 Å². The molecule has 0 atom stereocenters. The molecule has 0 amide bonds. The van der Waals surface area contributed by atoms with Crippen LogP contribution in [0.3, 0.4) is 0 Å². The van der Waals surface area contributed by atoms with E-state index in [9.17, 15) is 0 Å². The van der Waals surface area contributed by atoms with E-state index in [0.29, 0.717) is 0 Å². The molecule has 0 unspecified atom stereocenters. The SMILES string of the molecule is c1ccc(N(c2ccc(-c3cccc4c3-c3ccccc3C43c4ccccc4-c4c(-c5ccc(N(c6ccccc6)c6cccc(-c7ccc8c(c7)c7ccccc7n8-c7ccccc7)c6)cc5)cccc43)cc2)c2cccc(-c3ccc4c(c3)c3ccccc3n4-c3ccccc3)c2)cc1. The van der Waals surface area contributed by atoms with Gasteiger partial charge in [0.1, 0.15) is 0 Å². The first kappa shape index (κ1) is 57.9. The number of hydrogen-bond acceptors (Lipinski definition) is 2. The lowest BCUT2D eigenvalue weighted by atomic mass is 9.70. The molecule has 0 radical (unpaired) electrons. The number of fused-ring (bicyclic) bond motifs is 16. The van der Waals surface area contributed by atoms with Crippen LogP contribution >= 0.6 is 0 Å². The maximum atomic E-state index is 2.40. The van der Waals surface area contributed by atoms with Gasteiger partial charge in [0.25, 0.3) is 0 Å². The molecule has 2 heterocycles. The maximum Gasteiger partial charge on any atom is 0.0725 e. The number of hydrogen-bond donors (Lipinski definition) is 0. The van der Waals surface area contributed by atoms with Crippen molar-refractivity contribution in [3.05, 3.63) is 411 Å². The molecule has 16 aromatic carbocycles. The van der Waals surface area contributed by atoms with Crippen LogP contribution in [0.15, 0.2) is 388 Å². The quantitative estimate of drug-likeness (QED) is 0.121. The second-order valence-electron chi connectivity index (χ2n) is 26.7. The monoisotopic (exact) mass is 1280 g/mol. The zero-order chi connectivity index (χ0) is 66.5. The summed E-state index contributed by atoms with van der Waals surface area (Å²) in [7, 11) is 0. The number of para-hydroxylation sites is 6. The van der Waals surface area contributed by atoms with Gasteiger partial charge in [0.05, 0.1) is 27.5 Å². The van der Waals surface area contributed by atoms with Crippen LogP contribution in [-0.4, -0.2) is 9.13 Å². The summed E-state index contributed by atoms with van der Waals surface area (Å²) in [5.74, 6) is 0. The smallest absolute Gasteiger partial charge is 0.0725 e. The maximum absolute atomic E-state index is 2.40. The molecule has 2 aliphatic rings. The number of anilines is 6. The third kappa shape index (κ3) is 9.16. The van der Waals surface area contributed by atoms with Crippen LogP contribution in [-0.2, 0) is 5.41 Å². The normalized spacial score (nSPS) is 12.4. The fourth-order valence-corrected chi connectivity index (χ4v) is 17.0. The largest absolute Gasteiger partial charge is 0.310 e. The summed E-state index contributed by atoms with van der Waals surface area (Å²) in [5.41, 5.74) is 32.9. The van der Waals surface area contributed by atoms with Crippen molar-refractivity contribution in [2.24, 2.45) is 0 Å².